The molecule has 0 aliphatic rings. The first-order valence-corrected chi connectivity index (χ1v) is 14.6. The fourth-order valence-electron chi connectivity index (χ4n) is 4.26. The van der Waals surface area contributed by atoms with E-state index in [1.54, 1.807) is 6.92 Å². The first-order chi connectivity index (χ1) is 19.2. The van der Waals surface area contributed by atoms with Crippen molar-refractivity contribution in [2.24, 2.45) is 0 Å². The molecule has 0 saturated heterocycles. The van der Waals surface area contributed by atoms with Gasteiger partial charge >= 0.3 is 12.4 Å². The van der Waals surface area contributed by atoms with Gasteiger partial charge in [0.05, 0.1) is 33.0 Å². The fourth-order valence-corrected chi connectivity index (χ4v) is 5.51. The van der Waals surface area contributed by atoms with E-state index in [0.717, 1.165) is 6.26 Å². The van der Waals surface area contributed by atoms with E-state index in [1.807, 2.05) is 0 Å². The van der Waals surface area contributed by atoms with Gasteiger partial charge in [-0.25, -0.2) is 8.42 Å². The van der Waals surface area contributed by atoms with E-state index in [-0.39, 0.29) is 45.6 Å². The molecule has 0 spiro atoms. The molecular weight excluding hydrogens is 610 g/mol. The van der Waals surface area contributed by atoms with Crippen molar-refractivity contribution in [2.45, 2.75) is 38.7 Å². The van der Waals surface area contributed by atoms with Gasteiger partial charge in [-0.15, -0.1) is 0 Å². The first-order valence-electron chi connectivity index (χ1n) is 12.2. The number of halogens is 7. The van der Waals surface area contributed by atoms with Crippen LogP contribution in [0, 0.1) is 6.92 Å². The second kappa shape index (κ2) is 12.3. The molecule has 0 radical (unpaired) electrons. The minimum absolute atomic E-state index is 0.0573. The Kier molecular flexibility index (Phi) is 9.68. The summed E-state index contributed by atoms with van der Waals surface area (Å²) in [4.78, 5) is 26.0. The van der Waals surface area contributed by atoms with Gasteiger partial charge in [0.2, 0.25) is 0 Å². The van der Waals surface area contributed by atoms with Crippen LogP contribution in [0.4, 0.5) is 32.0 Å². The molecule has 0 fully saturated rings. The molecule has 2 N–H and O–H groups in total. The number of hydrogen-bond acceptors (Lipinski definition) is 4. The van der Waals surface area contributed by atoms with E-state index >= 15 is 0 Å². The number of aryl methyl sites for hydroxylation is 1. The van der Waals surface area contributed by atoms with Crippen LogP contribution < -0.4 is 10.6 Å². The zero-order valence-electron chi connectivity index (χ0n) is 22.4. The Morgan fingerprint density at radius 1 is 0.881 bits per heavy atom. The lowest BCUT2D eigenvalue weighted by atomic mass is 9.98. The Labute approximate surface area is 243 Å². The van der Waals surface area contributed by atoms with Gasteiger partial charge in [-0.1, -0.05) is 29.8 Å². The van der Waals surface area contributed by atoms with Crippen molar-refractivity contribution in [3.8, 4) is 0 Å². The van der Waals surface area contributed by atoms with Gasteiger partial charge in [-0.05, 0) is 73.4 Å². The number of amides is 2. The lowest BCUT2D eigenvalue weighted by Crippen LogP contribution is -2.38. The Hall–Kier alpha value is -3.58. The lowest BCUT2D eigenvalue weighted by molar-refractivity contribution is -0.143. The Morgan fingerprint density at radius 2 is 1.48 bits per heavy atom. The topological polar surface area (TPSA) is 92.3 Å². The smallest absolute Gasteiger partial charge is 0.348 e. The molecule has 1 atom stereocenters. The zero-order valence-corrected chi connectivity index (χ0v) is 23.9. The Morgan fingerprint density at radius 3 is 2.00 bits per heavy atom. The monoisotopic (exact) mass is 634 g/mol. The Balaban J connectivity index is 1.84. The molecule has 3 aromatic rings. The summed E-state index contributed by atoms with van der Waals surface area (Å²) in [6, 6.07) is 9.12. The van der Waals surface area contributed by atoms with Gasteiger partial charge in [-0.2, -0.15) is 26.3 Å². The van der Waals surface area contributed by atoms with E-state index in [9.17, 15) is 44.3 Å². The number of carbonyl (C=O) groups excluding carboxylic acids is 2. The molecule has 0 aliphatic heterocycles. The molecule has 226 valence electrons. The van der Waals surface area contributed by atoms with Crippen LogP contribution >= 0.6 is 11.6 Å². The van der Waals surface area contributed by atoms with E-state index in [1.165, 1.54) is 43.3 Å². The standard InChI is InChI=1S/C28H25ClF6N2O4S/c1-15-9-17(10-18-11-19(27(30,31)32)13-20(12-18)28(33,34)35)7-8-23(15)37-25(38)21-5-4-6-22(29)24(21)26(39)36-16(2)14-42(3,40)41/h4-9,11-13,16H,10,14H2,1-3H3,(H,36,39)(H,37,38). The average Bonchev–Trinajstić information content (AvgIpc) is 2.82. The number of benzene rings is 3. The van der Waals surface area contributed by atoms with Crippen molar-refractivity contribution >= 4 is 38.9 Å². The molecule has 0 aliphatic carbocycles. The van der Waals surface area contributed by atoms with Gasteiger partial charge in [0.1, 0.15) is 9.84 Å². The average molecular weight is 635 g/mol. The molecule has 42 heavy (non-hydrogen) atoms. The highest BCUT2D eigenvalue weighted by atomic mass is 35.5. The quantitative estimate of drug-likeness (QED) is 0.270. The second-order valence-electron chi connectivity index (χ2n) is 9.82. The molecule has 14 heteroatoms. The maximum Gasteiger partial charge on any atom is 0.416 e. The van der Waals surface area contributed by atoms with Crippen LogP contribution in [-0.2, 0) is 28.6 Å². The fraction of sp³-hybridized carbons (Fsp3) is 0.286. The molecule has 3 rings (SSSR count). The van der Waals surface area contributed by atoms with E-state index in [2.05, 4.69) is 10.6 Å². The largest absolute Gasteiger partial charge is 0.416 e. The highest BCUT2D eigenvalue weighted by Crippen LogP contribution is 2.37. The summed E-state index contributed by atoms with van der Waals surface area (Å²) in [7, 11) is -3.40. The van der Waals surface area contributed by atoms with Crippen LogP contribution in [0.15, 0.2) is 54.6 Å². The van der Waals surface area contributed by atoms with Crippen molar-refractivity contribution < 1.29 is 44.3 Å². The van der Waals surface area contributed by atoms with E-state index in [0.29, 0.717) is 23.3 Å². The van der Waals surface area contributed by atoms with Crippen molar-refractivity contribution in [1.82, 2.24) is 5.32 Å². The number of hydrogen-bond donors (Lipinski definition) is 2. The number of alkyl halides is 6. The molecule has 1 unspecified atom stereocenters. The third-order valence-corrected chi connectivity index (χ3v) is 7.43. The number of carbonyl (C=O) groups is 2. The van der Waals surface area contributed by atoms with Crippen LogP contribution in [0.2, 0.25) is 5.02 Å². The second-order valence-corrected chi connectivity index (χ2v) is 12.4. The van der Waals surface area contributed by atoms with Crippen molar-refractivity contribution in [2.75, 3.05) is 17.3 Å². The minimum atomic E-state index is -4.97. The third-order valence-electron chi connectivity index (χ3n) is 6.01. The number of anilines is 1. The molecule has 3 aromatic carbocycles. The summed E-state index contributed by atoms with van der Waals surface area (Å²) in [5.74, 6) is -1.84. The SMILES string of the molecule is Cc1cc(Cc2cc(C(F)(F)F)cc(C(F)(F)F)c2)ccc1NC(=O)c1cccc(Cl)c1C(=O)NC(C)CS(C)(=O)=O. The minimum Gasteiger partial charge on any atom is -0.348 e. The maximum atomic E-state index is 13.2. The van der Waals surface area contributed by atoms with Crippen LogP contribution in [-0.4, -0.2) is 38.3 Å². The zero-order chi connectivity index (χ0) is 31.6. The lowest BCUT2D eigenvalue weighted by Gasteiger charge is -2.17. The maximum absolute atomic E-state index is 13.2. The summed E-state index contributed by atoms with van der Waals surface area (Å²) in [5.41, 5.74) is -2.23. The third kappa shape index (κ3) is 8.71. The van der Waals surface area contributed by atoms with Crippen LogP contribution in [0.1, 0.15) is 55.5 Å². The highest BCUT2D eigenvalue weighted by Gasteiger charge is 2.37. The predicted molar refractivity (Wildman–Crippen MR) is 146 cm³/mol. The molecule has 0 saturated carbocycles. The van der Waals surface area contributed by atoms with Gasteiger partial charge in [0.15, 0.2) is 0 Å². The summed E-state index contributed by atoms with van der Waals surface area (Å²) < 4.78 is 102. The van der Waals surface area contributed by atoms with Crippen LogP contribution in [0.5, 0.6) is 0 Å². The first kappa shape index (κ1) is 32.9. The number of sulfone groups is 1. The predicted octanol–water partition coefficient (Wildman–Crippen LogP) is 6.69. The summed E-state index contributed by atoms with van der Waals surface area (Å²) in [6.07, 6.45) is -9.17. The van der Waals surface area contributed by atoms with Gasteiger partial charge in [0.25, 0.3) is 11.8 Å². The van der Waals surface area contributed by atoms with Gasteiger partial charge in [0, 0.05) is 18.0 Å². The highest BCUT2D eigenvalue weighted by molar-refractivity contribution is 7.90. The Bertz CT molecular complexity index is 1590. The molecule has 2 amide bonds. The molecule has 0 heterocycles. The van der Waals surface area contributed by atoms with Gasteiger partial charge in [-0.3, -0.25) is 9.59 Å². The van der Waals surface area contributed by atoms with Crippen LogP contribution in [0.25, 0.3) is 0 Å². The molecule has 6 nitrogen and oxygen atoms in total. The summed E-state index contributed by atoms with van der Waals surface area (Å²) in [5, 5.41) is 5.06. The van der Waals surface area contributed by atoms with Crippen LogP contribution in [0.3, 0.4) is 0 Å². The van der Waals surface area contributed by atoms with Crippen molar-refractivity contribution in [3.63, 3.8) is 0 Å². The molecule has 0 bridgehead atoms. The molecule has 0 aromatic heterocycles. The van der Waals surface area contributed by atoms with E-state index in [4.69, 9.17) is 11.6 Å². The normalized spacial score (nSPS) is 13.0. The van der Waals surface area contributed by atoms with E-state index < -0.39 is 51.2 Å². The number of nitrogens with one attached hydrogen (secondary N) is 2. The van der Waals surface area contributed by atoms with Gasteiger partial charge < -0.3 is 10.6 Å². The summed E-state index contributed by atoms with van der Waals surface area (Å²) in [6.45, 7) is 3.05. The van der Waals surface area contributed by atoms with Crippen molar-refractivity contribution in [3.05, 3.63) is 98.6 Å². The summed E-state index contributed by atoms with van der Waals surface area (Å²) >= 11 is 6.20. The molecular formula is C28H25ClF6N2O4S. The number of rotatable bonds is 8. The van der Waals surface area contributed by atoms with Crippen molar-refractivity contribution in [1.29, 1.82) is 0 Å².